The third kappa shape index (κ3) is 2.21. The monoisotopic (exact) mass is 302 g/mol. The van der Waals surface area contributed by atoms with Crippen LogP contribution in [0.1, 0.15) is 16.4 Å². The molecule has 0 unspecified atom stereocenters. The van der Waals surface area contributed by atoms with Gasteiger partial charge in [0.05, 0.1) is 28.1 Å². The first-order valence-electron chi connectivity index (χ1n) is 6.25. The normalized spacial score (nSPS) is 11.1. The van der Waals surface area contributed by atoms with Crippen molar-refractivity contribution in [3.8, 4) is 5.13 Å². The van der Waals surface area contributed by atoms with Crippen molar-refractivity contribution in [2.75, 3.05) is 0 Å². The van der Waals surface area contributed by atoms with Crippen molar-refractivity contribution in [3.05, 3.63) is 40.7 Å². The number of benzene rings is 1. The lowest BCUT2D eigenvalue weighted by molar-refractivity contribution is 0.949. The van der Waals surface area contributed by atoms with Gasteiger partial charge in [-0.1, -0.05) is 24.4 Å². The van der Waals surface area contributed by atoms with E-state index in [1.165, 1.54) is 4.88 Å². The van der Waals surface area contributed by atoms with E-state index in [0.717, 1.165) is 27.7 Å². The number of hydrogen-bond donors (Lipinski definition) is 1. The van der Waals surface area contributed by atoms with Crippen LogP contribution in [0.4, 0.5) is 0 Å². The number of thiocarbonyl (C=S) groups is 1. The number of para-hydroxylation sites is 2. The number of thiazole rings is 1. The van der Waals surface area contributed by atoms with Crippen LogP contribution in [-0.4, -0.2) is 19.5 Å². The first-order chi connectivity index (χ1) is 9.56. The van der Waals surface area contributed by atoms with Crippen LogP contribution in [0.2, 0.25) is 0 Å². The van der Waals surface area contributed by atoms with Gasteiger partial charge in [0.25, 0.3) is 0 Å². The molecule has 4 nitrogen and oxygen atoms in total. The summed E-state index contributed by atoms with van der Waals surface area (Å²) in [5.41, 5.74) is 8.70. The Morgan fingerprint density at radius 2 is 2.05 bits per heavy atom. The Morgan fingerprint density at radius 1 is 1.30 bits per heavy atom. The largest absolute Gasteiger partial charge is 0.393 e. The van der Waals surface area contributed by atoms with E-state index in [1.807, 2.05) is 31.2 Å². The first-order valence-corrected chi connectivity index (χ1v) is 7.48. The smallest absolute Gasteiger partial charge is 0.196 e. The maximum Gasteiger partial charge on any atom is 0.196 e. The third-order valence-electron chi connectivity index (χ3n) is 3.17. The molecular weight excluding hydrogens is 288 g/mol. The zero-order chi connectivity index (χ0) is 14.3. The highest BCUT2D eigenvalue weighted by Gasteiger charge is 2.16. The van der Waals surface area contributed by atoms with Gasteiger partial charge in [-0.2, -0.15) is 0 Å². The minimum Gasteiger partial charge on any atom is -0.393 e. The lowest BCUT2D eigenvalue weighted by atomic mass is 10.3. The second kappa shape index (κ2) is 4.96. The van der Waals surface area contributed by atoms with E-state index < -0.39 is 0 Å². The molecule has 3 aromatic rings. The van der Waals surface area contributed by atoms with E-state index in [-0.39, 0.29) is 0 Å². The van der Waals surface area contributed by atoms with Crippen molar-refractivity contribution in [2.24, 2.45) is 5.73 Å². The molecule has 0 amide bonds. The van der Waals surface area contributed by atoms with E-state index in [0.29, 0.717) is 11.4 Å². The summed E-state index contributed by atoms with van der Waals surface area (Å²) in [6.45, 7) is 4.09. The van der Waals surface area contributed by atoms with Crippen LogP contribution >= 0.6 is 23.6 Å². The van der Waals surface area contributed by atoms with Crippen LogP contribution in [0.5, 0.6) is 0 Å². The van der Waals surface area contributed by atoms with Gasteiger partial charge < -0.3 is 5.73 Å². The molecule has 1 aromatic carbocycles. The van der Waals surface area contributed by atoms with Crippen molar-refractivity contribution < 1.29 is 0 Å². The predicted octanol–water partition coefficient (Wildman–Crippen LogP) is 2.93. The maximum atomic E-state index is 5.69. The van der Waals surface area contributed by atoms with Crippen LogP contribution in [0, 0.1) is 13.8 Å². The van der Waals surface area contributed by atoms with Crippen molar-refractivity contribution in [1.29, 1.82) is 0 Å². The number of rotatable bonds is 3. The first kappa shape index (κ1) is 13.2. The third-order valence-corrected chi connectivity index (χ3v) is 4.37. The topological polar surface area (TPSA) is 56.7 Å². The van der Waals surface area contributed by atoms with Crippen LogP contribution in [0.3, 0.4) is 0 Å². The van der Waals surface area contributed by atoms with Gasteiger partial charge in [0.2, 0.25) is 0 Å². The number of fused-ring (bicyclic) bond motifs is 1. The van der Waals surface area contributed by atoms with Crippen LogP contribution in [-0.2, 0) is 6.42 Å². The molecule has 0 saturated carbocycles. The molecule has 2 heterocycles. The molecule has 6 heteroatoms. The van der Waals surface area contributed by atoms with Crippen LogP contribution in [0.15, 0.2) is 24.3 Å². The summed E-state index contributed by atoms with van der Waals surface area (Å²) in [6.07, 6.45) is 0.474. The zero-order valence-electron chi connectivity index (χ0n) is 11.3. The molecular formula is C14H14N4S2. The van der Waals surface area contributed by atoms with Gasteiger partial charge in [0.1, 0.15) is 5.82 Å². The summed E-state index contributed by atoms with van der Waals surface area (Å²) in [6, 6.07) is 8.00. The predicted molar refractivity (Wildman–Crippen MR) is 86.7 cm³/mol. The number of aromatic nitrogens is 3. The maximum absolute atomic E-state index is 5.69. The van der Waals surface area contributed by atoms with Crippen molar-refractivity contribution in [3.63, 3.8) is 0 Å². The fraction of sp³-hybridized carbons (Fsp3) is 0.214. The van der Waals surface area contributed by atoms with Gasteiger partial charge in [-0.15, -0.1) is 11.3 Å². The van der Waals surface area contributed by atoms with Gasteiger partial charge in [-0.3, -0.25) is 4.57 Å². The SMILES string of the molecule is Cc1nc(-n2c(CC(N)=S)nc3ccccc32)sc1C. The Hall–Kier alpha value is -1.79. The Balaban J connectivity index is 2.27. The zero-order valence-corrected chi connectivity index (χ0v) is 12.9. The second-order valence-electron chi connectivity index (χ2n) is 4.63. The Morgan fingerprint density at radius 3 is 2.70 bits per heavy atom. The quantitative estimate of drug-likeness (QED) is 0.756. The highest BCUT2D eigenvalue weighted by Crippen LogP contribution is 2.26. The molecule has 20 heavy (non-hydrogen) atoms. The fourth-order valence-corrected chi connectivity index (χ4v) is 3.19. The molecule has 0 radical (unpaired) electrons. The van der Waals surface area contributed by atoms with Gasteiger partial charge in [0, 0.05) is 4.88 Å². The second-order valence-corrected chi connectivity index (χ2v) is 6.34. The number of aryl methyl sites for hydroxylation is 2. The van der Waals surface area contributed by atoms with E-state index in [4.69, 9.17) is 18.0 Å². The van der Waals surface area contributed by atoms with Gasteiger partial charge in [0.15, 0.2) is 5.13 Å². The van der Waals surface area contributed by atoms with E-state index in [9.17, 15) is 0 Å². The summed E-state index contributed by atoms with van der Waals surface area (Å²) in [7, 11) is 0. The molecule has 0 aliphatic heterocycles. The molecule has 0 atom stereocenters. The van der Waals surface area contributed by atoms with Crippen molar-refractivity contribution in [2.45, 2.75) is 20.3 Å². The van der Waals surface area contributed by atoms with E-state index >= 15 is 0 Å². The van der Waals surface area contributed by atoms with Crippen LogP contribution < -0.4 is 5.73 Å². The van der Waals surface area contributed by atoms with Crippen molar-refractivity contribution >= 4 is 39.6 Å². The summed E-state index contributed by atoms with van der Waals surface area (Å²) in [4.78, 5) is 10.9. The van der Waals surface area contributed by atoms with Crippen molar-refractivity contribution in [1.82, 2.24) is 14.5 Å². The van der Waals surface area contributed by atoms with E-state index in [1.54, 1.807) is 11.3 Å². The standard InChI is InChI=1S/C14H14N4S2/c1-8-9(2)20-14(16-8)18-11-6-4-3-5-10(11)17-13(18)7-12(15)19/h3-6H,7H2,1-2H3,(H2,15,19). The molecule has 3 rings (SSSR count). The van der Waals surface area contributed by atoms with Gasteiger partial charge in [-0.25, -0.2) is 9.97 Å². The molecule has 0 aliphatic carbocycles. The molecule has 0 fully saturated rings. The van der Waals surface area contributed by atoms with Crippen LogP contribution in [0.25, 0.3) is 16.2 Å². The van der Waals surface area contributed by atoms with E-state index in [2.05, 4.69) is 21.5 Å². The highest BCUT2D eigenvalue weighted by atomic mass is 32.1. The van der Waals surface area contributed by atoms with Gasteiger partial charge in [-0.05, 0) is 26.0 Å². The number of hydrogen-bond acceptors (Lipinski definition) is 4. The Bertz CT molecular complexity index is 781. The molecule has 0 spiro atoms. The molecule has 2 N–H and O–H groups in total. The fourth-order valence-electron chi connectivity index (χ4n) is 2.12. The summed E-state index contributed by atoms with van der Waals surface area (Å²) in [5.74, 6) is 0.840. The summed E-state index contributed by atoms with van der Waals surface area (Å²) in [5, 5.41) is 0.917. The number of imidazole rings is 1. The minimum absolute atomic E-state index is 0.437. The number of nitrogens with zero attached hydrogens (tertiary/aromatic N) is 3. The summed E-state index contributed by atoms with van der Waals surface area (Å²) >= 11 is 6.69. The minimum atomic E-state index is 0.437. The lowest BCUT2D eigenvalue weighted by Crippen LogP contribution is -2.14. The molecule has 0 bridgehead atoms. The molecule has 0 aliphatic rings. The summed E-state index contributed by atoms with van der Waals surface area (Å²) < 4.78 is 2.05. The molecule has 102 valence electrons. The Kier molecular flexibility index (Phi) is 3.27. The number of nitrogens with two attached hydrogens (primary N) is 1. The van der Waals surface area contributed by atoms with Gasteiger partial charge >= 0.3 is 0 Å². The highest BCUT2D eigenvalue weighted by molar-refractivity contribution is 7.80. The molecule has 2 aromatic heterocycles. The lowest BCUT2D eigenvalue weighted by Gasteiger charge is -2.04. The Labute approximate surface area is 126 Å². The average molecular weight is 302 g/mol. The molecule has 0 saturated heterocycles. The average Bonchev–Trinajstić information content (AvgIpc) is 2.89.